The number of nitrogens with zero attached hydrogens (tertiary/aromatic N) is 4. The van der Waals surface area contributed by atoms with Crippen molar-refractivity contribution in [2.24, 2.45) is 0 Å². The zero-order chi connectivity index (χ0) is 18.5. The van der Waals surface area contributed by atoms with Gasteiger partial charge in [0.1, 0.15) is 10.8 Å². The molecule has 0 bridgehead atoms. The molecule has 0 saturated heterocycles. The van der Waals surface area contributed by atoms with E-state index in [4.69, 9.17) is 0 Å². The molecule has 0 radical (unpaired) electrons. The quantitative estimate of drug-likeness (QED) is 0.528. The van der Waals surface area contributed by atoms with Crippen molar-refractivity contribution >= 4 is 34.2 Å². The number of carbonyl (C=O) groups is 1. The molecule has 3 rings (SSSR count). The number of amides is 1. The predicted octanol–water partition coefficient (Wildman–Crippen LogP) is 3.28. The Bertz CT molecular complexity index is 751. The fraction of sp³-hybridized carbons (Fsp3) is 0.647. The number of hydrogen-bond acceptors (Lipinski definition) is 7. The van der Waals surface area contributed by atoms with E-state index in [1.165, 1.54) is 37.2 Å². The molecule has 0 unspecified atom stereocenters. The summed E-state index contributed by atoms with van der Waals surface area (Å²) in [5, 5.41) is 16.6. The Morgan fingerprint density at radius 1 is 1.35 bits per heavy atom. The second-order valence-electron chi connectivity index (χ2n) is 6.49. The van der Waals surface area contributed by atoms with E-state index in [0.29, 0.717) is 18.2 Å². The normalized spacial score (nSPS) is 14.7. The van der Waals surface area contributed by atoms with Gasteiger partial charge in [0.05, 0.1) is 11.3 Å². The minimum absolute atomic E-state index is 0.0670. The highest BCUT2D eigenvalue weighted by molar-refractivity contribution is 7.98. The summed E-state index contributed by atoms with van der Waals surface area (Å²) in [6.45, 7) is 2.48. The van der Waals surface area contributed by atoms with Crippen LogP contribution in [0, 0.1) is 6.92 Å². The average molecular weight is 395 g/mol. The third-order valence-corrected chi connectivity index (χ3v) is 6.39. The Labute approximate surface area is 162 Å². The van der Waals surface area contributed by atoms with Crippen LogP contribution in [0.25, 0.3) is 0 Å². The van der Waals surface area contributed by atoms with E-state index in [-0.39, 0.29) is 5.91 Å². The second kappa shape index (κ2) is 8.85. The van der Waals surface area contributed by atoms with Crippen molar-refractivity contribution < 1.29 is 4.79 Å². The monoisotopic (exact) mass is 394 g/mol. The lowest BCUT2D eigenvalue weighted by Crippen LogP contribution is -2.26. The van der Waals surface area contributed by atoms with E-state index in [1.807, 2.05) is 14.0 Å². The largest absolute Gasteiger partial charge is 0.378 e. The third-order valence-electron chi connectivity index (χ3n) is 4.79. The second-order valence-corrected chi connectivity index (χ2v) is 8.04. The van der Waals surface area contributed by atoms with Crippen molar-refractivity contribution in [1.29, 1.82) is 0 Å². The number of thioether (sulfide) groups is 1. The molecule has 1 saturated carbocycles. The summed E-state index contributed by atoms with van der Waals surface area (Å²) >= 11 is 2.97. The predicted molar refractivity (Wildman–Crippen MR) is 106 cm³/mol. The van der Waals surface area contributed by atoms with Gasteiger partial charge in [0.25, 0.3) is 5.91 Å². The molecule has 142 valence electrons. The number of rotatable bonds is 8. The molecule has 26 heavy (non-hydrogen) atoms. The molecule has 7 nitrogen and oxygen atoms in total. The molecule has 1 aliphatic carbocycles. The van der Waals surface area contributed by atoms with Gasteiger partial charge in [0, 0.05) is 26.1 Å². The van der Waals surface area contributed by atoms with E-state index >= 15 is 0 Å². The van der Waals surface area contributed by atoms with Crippen LogP contribution >= 0.6 is 23.3 Å². The highest BCUT2D eigenvalue weighted by atomic mass is 32.2. The Balaban J connectivity index is 1.56. The molecular formula is C17H26N6OS2. The molecular weight excluding hydrogens is 368 g/mol. The number of aromatic nitrogens is 4. The van der Waals surface area contributed by atoms with Crippen LogP contribution in [0.5, 0.6) is 0 Å². The lowest BCUT2D eigenvalue weighted by molar-refractivity contribution is 0.0953. The summed E-state index contributed by atoms with van der Waals surface area (Å²) < 4.78 is 6.57. The van der Waals surface area contributed by atoms with Gasteiger partial charge in [-0.15, -0.1) is 10.2 Å². The maximum Gasteiger partial charge on any atom is 0.256 e. The third kappa shape index (κ3) is 4.03. The van der Waals surface area contributed by atoms with Gasteiger partial charge in [-0.1, -0.05) is 24.6 Å². The zero-order valence-electron chi connectivity index (χ0n) is 15.5. The van der Waals surface area contributed by atoms with Crippen molar-refractivity contribution in [2.45, 2.75) is 56.6 Å². The summed E-state index contributed by atoms with van der Waals surface area (Å²) in [6, 6.07) is 0.537. The average Bonchev–Trinajstić information content (AvgIpc) is 3.37. The summed E-state index contributed by atoms with van der Waals surface area (Å²) in [7, 11) is 1.81. The standard InChI is InChI=1S/C17H26N6OS2/c1-11-14(16(18-2)26-22-11)15(24)19-10-6-9-13-20-21-17(25-3)23(13)12-7-4-5-8-12/h12,18H,4-10H2,1-3H3,(H,19,24). The van der Waals surface area contributed by atoms with Crippen molar-refractivity contribution in [3.05, 3.63) is 17.1 Å². The first-order valence-electron chi connectivity index (χ1n) is 9.05. The first-order chi connectivity index (χ1) is 12.7. The van der Waals surface area contributed by atoms with E-state index in [1.54, 1.807) is 11.8 Å². The molecule has 0 spiro atoms. The van der Waals surface area contributed by atoms with Crippen LogP contribution in [0.4, 0.5) is 5.00 Å². The highest BCUT2D eigenvalue weighted by Gasteiger charge is 2.23. The van der Waals surface area contributed by atoms with E-state index < -0.39 is 0 Å². The maximum atomic E-state index is 12.4. The van der Waals surface area contributed by atoms with Gasteiger partial charge in [-0.05, 0) is 44.0 Å². The van der Waals surface area contributed by atoms with Gasteiger partial charge in [-0.2, -0.15) is 4.37 Å². The van der Waals surface area contributed by atoms with Crippen molar-refractivity contribution in [1.82, 2.24) is 24.5 Å². The number of nitrogens with one attached hydrogen (secondary N) is 2. The minimum atomic E-state index is -0.0670. The van der Waals surface area contributed by atoms with Gasteiger partial charge in [0.15, 0.2) is 5.16 Å². The van der Waals surface area contributed by atoms with Crippen LogP contribution in [-0.4, -0.2) is 44.9 Å². The topological polar surface area (TPSA) is 84.7 Å². The minimum Gasteiger partial charge on any atom is -0.378 e. The molecule has 2 N–H and O–H groups in total. The number of aryl methyl sites for hydroxylation is 2. The number of hydrogen-bond donors (Lipinski definition) is 2. The summed E-state index contributed by atoms with van der Waals surface area (Å²) in [4.78, 5) is 12.4. The smallest absolute Gasteiger partial charge is 0.256 e. The maximum absolute atomic E-state index is 12.4. The highest BCUT2D eigenvalue weighted by Crippen LogP contribution is 2.33. The zero-order valence-corrected chi connectivity index (χ0v) is 17.2. The van der Waals surface area contributed by atoms with Gasteiger partial charge in [-0.3, -0.25) is 4.79 Å². The van der Waals surface area contributed by atoms with E-state index in [9.17, 15) is 4.79 Å². The molecule has 2 heterocycles. The number of carbonyl (C=O) groups excluding carboxylic acids is 1. The SMILES string of the molecule is CNc1snc(C)c1C(=O)NCCCc1nnc(SC)n1C1CCCC1. The fourth-order valence-corrected chi connectivity index (χ4v) is 4.81. The van der Waals surface area contributed by atoms with Crippen LogP contribution in [0.2, 0.25) is 0 Å². The van der Waals surface area contributed by atoms with Gasteiger partial charge in [-0.25, -0.2) is 0 Å². The lowest BCUT2D eigenvalue weighted by Gasteiger charge is -2.16. The Kier molecular flexibility index (Phi) is 6.53. The first-order valence-corrected chi connectivity index (χ1v) is 11.1. The molecule has 0 atom stereocenters. The molecule has 2 aromatic heterocycles. The molecule has 1 fully saturated rings. The van der Waals surface area contributed by atoms with Crippen LogP contribution in [0.3, 0.4) is 0 Å². The van der Waals surface area contributed by atoms with Gasteiger partial charge < -0.3 is 15.2 Å². The molecule has 9 heteroatoms. The number of anilines is 1. The summed E-state index contributed by atoms with van der Waals surface area (Å²) in [5.74, 6) is 0.974. The first kappa shape index (κ1) is 19.2. The van der Waals surface area contributed by atoms with Gasteiger partial charge in [0.2, 0.25) is 0 Å². The Morgan fingerprint density at radius 3 is 2.81 bits per heavy atom. The summed E-state index contributed by atoms with van der Waals surface area (Å²) in [6.07, 6.45) is 8.72. The Morgan fingerprint density at radius 2 is 2.12 bits per heavy atom. The Hall–Kier alpha value is -1.61. The molecule has 0 aromatic carbocycles. The molecule has 2 aromatic rings. The van der Waals surface area contributed by atoms with Crippen LogP contribution in [-0.2, 0) is 6.42 Å². The van der Waals surface area contributed by atoms with E-state index in [0.717, 1.165) is 34.5 Å². The molecule has 0 aliphatic heterocycles. The summed E-state index contributed by atoms with van der Waals surface area (Å²) in [5.41, 5.74) is 1.42. The van der Waals surface area contributed by atoms with Gasteiger partial charge >= 0.3 is 0 Å². The fourth-order valence-electron chi connectivity index (χ4n) is 3.49. The van der Waals surface area contributed by atoms with Crippen molar-refractivity contribution in [3.8, 4) is 0 Å². The van der Waals surface area contributed by atoms with E-state index in [2.05, 4.69) is 36.0 Å². The van der Waals surface area contributed by atoms with Crippen LogP contribution < -0.4 is 10.6 Å². The molecule has 1 aliphatic rings. The van der Waals surface area contributed by atoms with Crippen LogP contribution in [0.15, 0.2) is 5.16 Å². The van der Waals surface area contributed by atoms with Crippen molar-refractivity contribution in [3.63, 3.8) is 0 Å². The molecule has 1 amide bonds. The lowest BCUT2D eigenvalue weighted by atomic mass is 10.2. The van der Waals surface area contributed by atoms with Crippen molar-refractivity contribution in [2.75, 3.05) is 25.2 Å². The van der Waals surface area contributed by atoms with Crippen LogP contribution in [0.1, 0.15) is 60.0 Å².